The molecule has 15 heavy (non-hydrogen) atoms. The van der Waals surface area contributed by atoms with Crippen molar-refractivity contribution in [1.82, 2.24) is 5.32 Å². The minimum atomic E-state index is -0.683. The molecule has 1 aromatic rings. The molecule has 2 amide bonds. The van der Waals surface area contributed by atoms with Crippen molar-refractivity contribution in [3.05, 3.63) is 35.9 Å². The van der Waals surface area contributed by atoms with Crippen molar-refractivity contribution in [3.63, 3.8) is 0 Å². The van der Waals surface area contributed by atoms with E-state index < -0.39 is 11.3 Å². The predicted molar refractivity (Wildman–Crippen MR) is 60.4 cm³/mol. The van der Waals surface area contributed by atoms with Gasteiger partial charge in [-0.3, -0.25) is 9.59 Å². The van der Waals surface area contributed by atoms with Crippen LogP contribution < -0.4 is 11.1 Å². The molecule has 0 aliphatic carbocycles. The molecule has 0 saturated carbocycles. The zero-order valence-corrected chi connectivity index (χ0v) is 9.08. The summed E-state index contributed by atoms with van der Waals surface area (Å²) in [6.45, 7) is 0. The van der Waals surface area contributed by atoms with Gasteiger partial charge in [-0.15, -0.1) is 11.8 Å². The number of primary amides is 1. The Balaban J connectivity index is 2.67. The molecule has 0 bridgehead atoms. The lowest BCUT2D eigenvalue weighted by Gasteiger charge is -2.12. The van der Waals surface area contributed by atoms with Gasteiger partial charge in [-0.25, -0.2) is 0 Å². The molecule has 4 nitrogen and oxygen atoms in total. The van der Waals surface area contributed by atoms with Crippen molar-refractivity contribution >= 4 is 23.6 Å². The van der Waals surface area contributed by atoms with E-state index in [-0.39, 0.29) is 5.91 Å². The van der Waals surface area contributed by atoms with Gasteiger partial charge in [0.15, 0.2) is 5.37 Å². The smallest absolute Gasteiger partial charge is 0.252 e. The van der Waals surface area contributed by atoms with E-state index in [0.717, 1.165) is 0 Å². The number of hydrogen-bond donors (Lipinski definition) is 2. The average molecular weight is 224 g/mol. The van der Waals surface area contributed by atoms with Crippen LogP contribution in [0.3, 0.4) is 0 Å². The lowest BCUT2D eigenvalue weighted by molar-refractivity contribution is -0.117. The average Bonchev–Trinajstić information content (AvgIpc) is 2.26. The molecule has 0 saturated heterocycles. The fraction of sp³-hybridized carbons (Fsp3) is 0.200. The van der Waals surface area contributed by atoms with E-state index in [2.05, 4.69) is 5.32 Å². The van der Waals surface area contributed by atoms with Crippen LogP contribution in [0.1, 0.15) is 10.4 Å². The van der Waals surface area contributed by atoms with Crippen LogP contribution in [-0.2, 0) is 4.79 Å². The van der Waals surface area contributed by atoms with Crippen LogP contribution in [0.2, 0.25) is 0 Å². The zero-order chi connectivity index (χ0) is 11.3. The van der Waals surface area contributed by atoms with Crippen LogP contribution in [-0.4, -0.2) is 23.4 Å². The van der Waals surface area contributed by atoms with Gasteiger partial charge in [0.25, 0.3) is 11.8 Å². The Morgan fingerprint density at radius 3 is 2.40 bits per heavy atom. The number of carbonyl (C=O) groups is 2. The number of nitrogens with one attached hydrogen (secondary N) is 1. The zero-order valence-electron chi connectivity index (χ0n) is 8.27. The molecule has 5 heteroatoms. The number of thioether (sulfide) groups is 1. The Morgan fingerprint density at radius 2 is 1.93 bits per heavy atom. The van der Waals surface area contributed by atoms with E-state index in [4.69, 9.17) is 5.73 Å². The highest BCUT2D eigenvalue weighted by Crippen LogP contribution is 2.04. The minimum absolute atomic E-state index is 0.297. The number of carbonyl (C=O) groups excluding carboxylic acids is 2. The van der Waals surface area contributed by atoms with E-state index in [1.54, 1.807) is 30.5 Å². The van der Waals surface area contributed by atoms with Crippen LogP contribution in [0.15, 0.2) is 30.3 Å². The van der Waals surface area contributed by atoms with Crippen LogP contribution in [0.5, 0.6) is 0 Å². The van der Waals surface area contributed by atoms with Gasteiger partial charge in [-0.05, 0) is 18.4 Å². The molecule has 3 N–H and O–H groups in total. The molecule has 80 valence electrons. The maximum absolute atomic E-state index is 11.6. The minimum Gasteiger partial charge on any atom is -0.367 e. The first-order valence-electron chi connectivity index (χ1n) is 4.33. The molecule has 0 heterocycles. The topological polar surface area (TPSA) is 72.2 Å². The fourth-order valence-corrected chi connectivity index (χ4v) is 1.50. The number of hydrogen-bond acceptors (Lipinski definition) is 3. The number of benzene rings is 1. The van der Waals surface area contributed by atoms with Gasteiger partial charge < -0.3 is 11.1 Å². The van der Waals surface area contributed by atoms with Crippen molar-refractivity contribution in [2.75, 3.05) is 6.26 Å². The number of rotatable bonds is 4. The third-order valence-electron chi connectivity index (χ3n) is 1.79. The summed E-state index contributed by atoms with van der Waals surface area (Å²) >= 11 is 1.19. The largest absolute Gasteiger partial charge is 0.367 e. The molecular weight excluding hydrogens is 212 g/mol. The maximum atomic E-state index is 11.6. The Morgan fingerprint density at radius 1 is 1.33 bits per heavy atom. The van der Waals surface area contributed by atoms with Gasteiger partial charge in [0.2, 0.25) is 0 Å². The molecule has 0 spiro atoms. The quantitative estimate of drug-likeness (QED) is 0.735. The van der Waals surface area contributed by atoms with Crippen LogP contribution in [0.4, 0.5) is 0 Å². The van der Waals surface area contributed by atoms with Crippen LogP contribution in [0, 0.1) is 0 Å². The van der Waals surface area contributed by atoms with Gasteiger partial charge in [-0.1, -0.05) is 18.2 Å². The van der Waals surface area contributed by atoms with Crippen molar-refractivity contribution in [3.8, 4) is 0 Å². The Labute approximate surface area is 92.2 Å². The van der Waals surface area contributed by atoms with E-state index in [9.17, 15) is 9.59 Å². The number of nitrogens with two attached hydrogens (primary N) is 1. The van der Waals surface area contributed by atoms with Gasteiger partial charge in [0.1, 0.15) is 0 Å². The van der Waals surface area contributed by atoms with E-state index in [1.807, 2.05) is 6.07 Å². The van der Waals surface area contributed by atoms with Gasteiger partial charge in [0, 0.05) is 5.56 Å². The highest BCUT2D eigenvalue weighted by molar-refractivity contribution is 7.99. The third kappa shape index (κ3) is 3.28. The second-order valence-corrected chi connectivity index (χ2v) is 3.80. The molecule has 1 unspecified atom stereocenters. The molecule has 0 aromatic heterocycles. The standard InChI is InChI=1S/C10H12N2O2S/c1-15-10(8(11)13)12-9(14)7-5-3-2-4-6-7/h2-6,10H,1H3,(H2,11,13)(H,12,14). The summed E-state index contributed by atoms with van der Waals surface area (Å²) in [5.74, 6) is -0.847. The molecule has 0 aliphatic rings. The summed E-state index contributed by atoms with van der Waals surface area (Å²) < 4.78 is 0. The highest BCUT2D eigenvalue weighted by atomic mass is 32.2. The SMILES string of the molecule is CSC(NC(=O)c1ccccc1)C(N)=O. The van der Waals surface area contributed by atoms with Crippen LogP contribution >= 0.6 is 11.8 Å². The normalized spacial score (nSPS) is 11.8. The molecule has 1 rings (SSSR count). The van der Waals surface area contributed by atoms with Crippen molar-refractivity contribution in [2.45, 2.75) is 5.37 Å². The second-order valence-electron chi connectivity index (χ2n) is 2.86. The molecule has 1 atom stereocenters. The summed E-state index contributed by atoms with van der Waals surface area (Å²) in [6.07, 6.45) is 1.71. The fourth-order valence-electron chi connectivity index (χ4n) is 1.04. The monoisotopic (exact) mass is 224 g/mol. The predicted octanol–water partition coefficient (Wildman–Crippen LogP) is 0.591. The highest BCUT2D eigenvalue weighted by Gasteiger charge is 2.16. The van der Waals surface area contributed by atoms with Crippen molar-refractivity contribution in [2.24, 2.45) is 5.73 Å². The van der Waals surface area contributed by atoms with Gasteiger partial charge in [0.05, 0.1) is 0 Å². The summed E-state index contributed by atoms with van der Waals surface area (Å²) in [7, 11) is 0. The summed E-state index contributed by atoms with van der Waals surface area (Å²) in [5.41, 5.74) is 5.61. The lowest BCUT2D eigenvalue weighted by atomic mass is 10.2. The molecular formula is C10H12N2O2S. The van der Waals surface area contributed by atoms with Gasteiger partial charge >= 0.3 is 0 Å². The Hall–Kier alpha value is -1.49. The van der Waals surface area contributed by atoms with E-state index in [0.29, 0.717) is 5.56 Å². The lowest BCUT2D eigenvalue weighted by Crippen LogP contribution is -2.41. The molecule has 0 radical (unpaired) electrons. The first kappa shape index (κ1) is 11.6. The first-order valence-corrected chi connectivity index (χ1v) is 5.62. The molecule has 0 aliphatic heterocycles. The molecule has 0 fully saturated rings. The van der Waals surface area contributed by atoms with Crippen molar-refractivity contribution in [1.29, 1.82) is 0 Å². The van der Waals surface area contributed by atoms with Crippen molar-refractivity contribution < 1.29 is 9.59 Å². The maximum Gasteiger partial charge on any atom is 0.252 e. The third-order valence-corrected chi connectivity index (χ3v) is 2.61. The number of amides is 2. The second kappa shape index (κ2) is 5.41. The van der Waals surface area contributed by atoms with Gasteiger partial charge in [-0.2, -0.15) is 0 Å². The summed E-state index contributed by atoms with van der Waals surface area (Å²) in [6, 6.07) is 8.68. The Bertz CT molecular complexity index is 354. The summed E-state index contributed by atoms with van der Waals surface area (Å²) in [5, 5.41) is 1.85. The summed E-state index contributed by atoms with van der Waals surface area (Å²) in [4.78, 5) is 22.5. The first-order chi connectivity index (χ1) is 7.15. The molecule has 1 aromatic carbocycles. The van der Waals surface area contributed by atoms with E-state index in [1.165, 1.54) is 11.8 Å². The van der Waals surface area contributed by atoms with E-state index >= 15 is 0 Å². The Kier molecular flexibility index (Phi) is 4.17. The van der Waals surface area contributed by atoms with Crippen LogP contribution in [0.25, 0.3) is 0 Å².